The van der Waals surface area contributed by atoms with E-state index in [1.165, 1.54) is 18.4 Å². The van der Waals surface area contributed by atoms with Gasteiger partial charge in [0, 0.05) is 0 Å². The highest BCUT2D eigenvalue weighted by atomic mass is 16.6. The maximum Gasteiger partial charge on any atom is 0.161 e. The Morgan fingerprint density at radius 2 is 1.76 bits per heavy atom. The van der Waals surface area contributed by atoms with Crippen molar-refractivity contribution in [3.05, 3.63) is 23.8 Å². The Morgan fingerprint density at radius 3 is 2.53 bits per heavy atom. The summed E-state index contributed by atoms with van der Waals surface area (Å²) in [5, 5.41) is 3.42. The van der Waals surface area contributed by atoms with Gasteiger partial charge < -0.3 is 14.8 Å². The second-order valence-electron chi connectivity index (χ2n) is 5.17. The van der Waals surface area contributed by atoms with E-state index in [-0.39, 0.29) is 5.41 Å². The minimum absolute atomic E-state index is 0.279. The van der Waals surface area contributed by atoms with Gasteiger partial charge in [-0.15, -0.1) is 0 Å². The number of benzene rings is 1. The monoisotopic (exact) mass is 233 g/mol. The molecule has 2 heterocycles. The van der Waals surface area contributed by atoms with Crippen LogP contribution in [0.3, 0.4) is 0 Å². The fourth-order valence-electron chi connectivity index (χ4n) is 2.69. The number of nitrogens with one attached hydrogen (secondary N) is 1. The molecule has 0 aromatic heterocycles. The Labute approximate surface area is 102 Å². The number of ether oxygens (including phenoxy) is 2. The Kier molecular flexibility index (Phi) is 2.71. The van der Waals surface area contributed by atoms with Crippen LogP contribution in [0.25, 0.3) is 0 Å². The van der Waals surface area contributed by atoms with Crippen LogP contribution in [0.1, 0.15) is 25.3 Å². The summed E-state index contributed by atoms with van der Waals surface area (Å²) < 4.78 is 11.2. The van der Waals surface area contributed by atoms with Crippen molar-refractivity contribution in [2.45, 2.75) is 25.2 Å². The molecule has 1 saturated heterocycles. The van der Waals surface area contributed by atoms with Crippen molar-refractivity contribution >= 4 is 0 Å². The average molecular weight is 233 g/mol. The van der Waals surface area contributed by atoms with Gasteiger partial charge in [0.1, 0.15) is 13.2 Å². The Bertz CT molecular complexity index is 411. The molecule has 3 heteroatoms. The van der Waals surface area contributed by atoms with Crippen LogP contribution < -0.4 is 14.8 Å². The average Bonchev–Trinajstić information content (AvgIpc) is 2.39. The van der Waals surface area contributed by atoms with Gasteiger partial charge in [0.05, 0.1) is 0 Å². The van der Waals surface area contributed by atoms with Gasteiger partial charge in [-0.25, -0.2) is 0 Å². The SMILES string of the molecule is CC1(c2ccc3c(c2)OCCO3)CCNCC1. The quantitative estimate of drug-likeness (QED) is 0.805. The first-order chi connectivity index (χ1) is 8.28. The van der Waals surface area contributed by atoms with Gasteiger partial charge in [-0.2, -0.15) is 0 Å². The molecule has 0 radical (unpaired) electrons. The molecule has 17 heavy (non-hydrogen) atoms. The molecule has 0 atom stereocenters. The summed E-state index contributed by atoms with van der Waals surface area (Å²) in [6.07, 6.45) is 2.37. The zero-order valence-corrected chi connectivity index (χ0v) is 10.3. The molecular formula is C14H19NO2. The number of hydrogen-bond donors (Lipinski definition) is 1. The third kappa shape index (κ3) is 2.00. The second-order valence-corrected chi connectivity index (χ2v) is 5.17. The van der Waals surface area contributed by atoms with Crippen LogP contribution in [0.5, 0.6) is 11.5 Å². The molecule has 1 N–H and O–H groups in total. The van der Waals surface area contributed by atoms with Crippen molar-refractivity contribution < 1.29 is 9.47 Å². The molecule has 0 amide bonds. The third-order valence-corrected chi connectivity index (χ3v) is 3.95. The van der Waals surface area contributed by atoms with Crippen molar-refractivity contribution in [3.8, 4) is 11.5 Å². The summed E-state index contributed by atoms with van der Waals surface area (Å²) in [5.74, 6) is 1.80. The Balaban J connectivity index is 1.92. The lowest BCUT2D eigenvalue weighted by Crippen LogP contribution is -2.37. The predicted molar refractivity (Wildman–Crippen MR) is 66.9 cm³/mol. The van der Waals surface area contributed by atoms with E-state index in [1.807, 2.05) is 0 Å². The van der Waals surface area contributed by atoms with E-state index in [1.54, 1.807) is 0 Å². The van der Waals surface area contributed by atoms with E-state index in [0.29, 0.717) is 13.2 Å². The minimum atomic E-state index is 0.279. The van der Waals surface area contributed by atoms with E-state index in [9.17, 15) is 0 Å². The van der Waals surface area contributed by atoms with Crippen LogP contribution in [-0.4, -0.2) is 26.3 Å². The number of piperidine rings is 1. The predicted octanol–water partition coefficient (Wildman–Crippen LogP) is 2.10. The fourth-order valence-corrected chi connectivity index (χ4v) is 2.69. The first kappa shape index (κ1) is 10.9. The summed E-state index contributed by atoms with van der Waals surface area (Å²) in [5.41, 5.74) is 1.66. The number of fused-ring (bicyclic) bond motifs is 1. The Morgan fingerprint density at radius 1 is 1.06 bits per heavy atom. The van der Waals surface area contributed by atoms with Gasteiger partial charge in [-0.05, 0) is 49.0 Å². The van der Waals surface area contributed by atoms with Crippen LogP contribution >= 0.6 is 0 Å². The molecule has 0 bridgehead atoms. The minimum Gasteiger partial charge on any atom is -0.486 e. The third-order valence-electron chi connectivity index (χ3n) is 3.95. The second kappa shape index (κ2) is 4.22. The van der Waals surface area contributed by atoms with Crippen molar-refractivity contribution in [1.82, 2.24) is 5.32 Å². The van der Waals surface area contributed by atoms with Crippen molar-refractivity contribution in [2.24, 2.45) is 0 Å². The van der Waals surface area contributed by atoms with Crippen LogP contribution in [0, 0.1) is 0 Å². The highest BCUT2D eigenvalue weighted by Crippen LogP contribution is 2.38. The van der Waals surface area contributed by atoms with Gasteiger partial charge in [0.25, 0.3) is 0 Å². The molecule has 0 spiro atoms. The summed E-state index contributed by atoms with van der Waals surface area (Å²) in [4.78, 5) is 0. The Hall–Kier alpha value is -1.22. The molecule has 0 saturated carbocycles. The first-order valence-electron chi connectivity index (χ1n) is 6.39. The molecule has 92 valence electrons. The van der Waals surface area contributed by atoms with Gasteiger partial charge in [0.15, 0.2) is 11.5 Å². The number of rotatable bonds is 1. The summed E-state index contributed by atoms with van der Waals surface area (Å²) >= 11 is 0. The molecule has 1 fully saturated rings. The van der Waals surface area contributed by atoms with E-state index in [2.05, 4.69) is 30.4 Å². The van der Waals surface area contributed by atoms with Crippen LogP contribution in [-0.2, 0) is 5.41 Å². The highest BCUT2D eigenvalue weighted by Gasteiger charge is 2.29. The molecule has 0 unspecified atom stereocenters. The number of hydrogen-bond acceptors (Lipinski definition) is 3. The molecular weight excluding hydrogens is 214 g/mol. The molecule has 1 aromatic rings. The summed E-state index contributed by atoms with van der Waals surface area (Å²) in [7, 11) is 0. The first-order valence-corrected chi connectivity index (χ1v) is 6.39. The fraction of sp³-hybridized carbons (Fsp3) is 0.571. The van der Waals surface area contributed by atoms with Gasteiger partial charge in [-0.3, -0.25) is 0 Å². The van der Waals surface area contributed by atoms with Crippen LogP contribution in [0.4, 0.5) is 0 Å². The van der Waals surface area contributed by atoms with E-state index in [0.717, 1.165) is 24.6 Å². The lowest BCUT2D eigenvalue weighted by atomic mass is 9.75. The molecule has 2 aliphatic rings. The van der Waals surface area contributed by atoms with Crippen LogP contribution in [0.15, 0.2) is 18.2 Å². The standard InChI is InChI=1S/C14H19NO2/c1-14(4-6-15-7-5-14)11-2-3-12-13(10-11)17-9-8-16-12/h2-3,10,15H,4-9H2,1H3. The smallest absolute Gasteiger partial charge is 0.161 e. The van der Waals surface area contributed by atoms with Crippen molar-refractivity contribution in [2.75, 3.05) is 26.3 Å². The zero-order valence-electron chi connectivity index (χ0n) is 10.3. The maximum atomic E-state index is 5.66. The van der Waals surface area contributed by atoms with E-state index >= 15 is 0 Å². The molecule has 3 nitrogen and oxygen atoms in total. The topological polar surface area (TPSA) is 30.5 Å². The summed E-state index contributed by atoms with van der Waals surface area (Å²) in [6.45, 7) is 5.87. The zero-order chi connectivity index (χ0) is 11.7. The lowest BCUT2D eigenvalue weighted by molar-refractivity contribution is 0.171. The highest BCUT2D eigenvalue weighted by molar-refractivity contribution is 5.46. The molecule has 0 aliphatic carbocycles. The van der Waals surface area contributed by atoms with Gasteiger partial charge in [0.2, 0.25) is 0 Å². The van der Waals surface area contributed by atoms with E-state index in [4.69, 9.17) is 9.47 Å². The molecule has 2 aliphatic heterocycles. The van der Waals surface area contributed by atoms with Gasteiger partial charge in [-0.1, -0.05) is 13.0 Å². The van der Waals surface area contributed by atoms with Crippen molar-refractivity contribution in [3.63, 3.8) is 0 Å². The molecule has 3 rings (SSSR count). The molecule has 1 aromatic carbocycles. The maximum absolute atomic E-state index is 5.66. The largest absolute Gasteiger partial charge is 0.486 e. The van der Waals surface area contributed by atoms with E-state index < -0.39 is 0 Å². The summed E-state index contributed by atoms with van der Waals surface area (Å²) in [6, 6.07) is 6.41. The lowest BCUT2D eigenvalue weighted by Gasteiger charge is -2.35. The van der Waals surface area contributed by atoms with Crippen molar-refractivity contribution in [1.29, 1.82) is 0 Å². The van der Waals surface area contributed by atoms with Crippen LogP contribution in [0.2, 0.25) is 0 Å². The van der Waals surface area contributed by atoms with Gasteiger partial charge >= 0.3 is 0 Å². The normalized spacial score (nSPS) is 22.2.